The van der Waals surface area contributed by atoms with Gasteiger partial charge in [0.2, 0.25) is 5.88 Å². The number of pyridine rings is 2. The lowest BCUT2D eigenvalue weighted by Crippen LogP contribution is -2.38. The molecule has 1 aromatic carbocycles. The van der Waals surface area contributed by atoms with Crippen LogP contribution in [0.1, 0.15) is 18.3 Å². The maximum absolute atomic E-state index is 6.28. The summed E-state index contributed by atoms with van der Waals surface area (Å²) < 4.78 is 10.1. The first-order chi connectivity index (χ1) is 16.1. The highest BCUT2D eigenvalue weighted by atomic mass is 16.5. The van der Waals surface area contributed by atoms with Gasteiger partial charge in [-0.25, -0.2) is 9.38 Å². The summed E-state index contributed by atoms with van der Waals surface area (Å²) in [7, 11) is 1.89. The molecule has 33 heavy (non-hydrogen) atoms. The van der Waals surface area contributed by atoms with Gasteiger partial charge in [-0.1, -0.05) is 30.3 Å². The lowest BCUT2D eigenvalue weighted by molar-refractivity contribution is 0.184. The third-order valence-electron chi connectivity index (χ3n) is 6.16. The van der Waals surface area contributed by atoms with Crippen LogP contribution in [0.3, 0.4) is 0 Å². The molecule has 1 atom stereocenters. The van der Waals surface area contributed by atoms with E-state index in [-0.39, 0.29) is 5.41 Å². The highest BCUT2D eigenvalue weighted by Gasteiger charge is 2.37. The highest BCUT2D eigenvalue weighted by molar-refractivity contribution is 5.72. The van der Waals surface area contributed by atoms with Gasteiger partial charge < -0.3 is 10.1 Å². The van der Waals surface area contributed by atoms with Crippen molar-refractivity contribution in [2.75, 3.05) is 11.9 Å². The summed E-state index contributed by atoms with van der Waals surface area (Å²) in [6.45, 7) is 2.73. The zero-order chi connectivity index (χ0) is 22.4. The summed E-state index contributed by atoms with van der Waals surface area (Å²) in [6, 6.07) is 20.4. The molecule has 0 fully saturated rings. The van der Waals surface area contributed by atoms with Gasteiger partial charge in [-0.05, 0) is 48.2 Å². The summed E-state index contributed by atoms with van der Waals surface area (Å²) in [5.41, 5.74) is 3.78. The molecule has 6 rings (SSSR count). The van der Waals surface area contributed by atoms with E-state index < -0.39 is 0 Å². The first-order valence-electron chi connectivity index (χ1n) is 10.9. The van der Waals surface area contributed by atoms with Crippen LogP contribution in [0.2, 0.25) is 0 Å². The van der Waals surface area contributed by atoms with Crippen molar-refractivity contribution in [1.29, 1.82) is 0 Å². The minimum atomic E-state index is -0.258. The van der Waals surface area contributed by atoms with Crippen molar-refractivity contribution in [2.45, 2.75) is 18.8 Å². The maximum atomic E-state index is 6.28. The van der Waals surface area contributed by atoms with Crippen LogP contribution in [-0.4, -0.2) is 36.0 Å². The number of nitrogens with zero attached hydrogens (tertiary/aromatic N) is 6. The van der Waals surface area contributed by atoms with E-state index >= 15 is 0 Å². The topological polar surface area (TPSA) is 82.2 Å². The van der Waals surface area contributed by atoms with E-state index in [1.807, 2.05) is 47.8 Å². The van der Waals surface area contributed by atoms with Gasteiger partial charge in [0.15, 0.2) is 5.65 Å². The average molecular weight is 438 g/mol. The molecule has 0 spiro atoms. The van der Waals surface area contributed by atoms with E-state index in [0.717, 1.165) is 46.5 Å². The van der Waals surface area contributed by atoms with Crippen LogP contribution >= 0.6 is 0 Å². The van der Waals surface area contributed by atoms with Crippen LogP contribution in [0, 0.1) is 0 Å². The Morgan fingerprint density at radius 1 is 1.00 bits per heavy atom. The smallest absolute Gasteiger partial charge is 0.201 e. The average Bonchev–Trinajstić information content (AvgIpc) is 3.45. The number of rotatable bonds is 5. The van der Waals surface area contributed by atoms with Gasteiger partial charge in [0, 0.05) is 25.4 Å². The normalized spacial score (nSPS) is 17.2. The summed E-state index contributed by atoms with van der Waals surface area (Å²) in [5, 5.41) is 16.6. The molecule has 0 bridgehead atoms. The Morgan fingerprint density at radius 2 is 1.88 bits per heavy atom. The zero-order valence-corrected chi connectivity index (χ0v) is 18.4. The van der Waals surface area contributed by atoms with Gasteiger partial charge in [-0.3, -0.25) is 4.68 Å². The summed E-state index contributed by atoms with van der Waals surface area (Å²) in [6.07, 6.45) is 4.37. The monoisotopic (exact) mass is 437 g/mol. The van der Waals surface area contributed by atoms with Crippen LogP contribution in [-0.2, 0) is 18.9 Å². The van der Waals surface area contributed by atoms with Crippen LogP contribution in [0.25, 0.3) is 16.8 Å². The lowest BCUT2D eigenvalue weighted by Gasteiger charge is -2.32. The number of hydrogen-bond donors (Lipinski definition) is 1. The third-order valence-corrected chi connectivity index (χ3v) is 6.16. The number of aryl methyl sites for hydroxylation is 1. The Hall–Kier alpha value is -4.20. The number of benzene rings is 1. The van der Waals surface area contributed by atoms with E-state index in [1.54, 1.807) is 17.1 Å². The Bertz CT molecular complexity index is 1460. The van der Waals surface area contributed by atoms with Gasteiger partial charge >= 0.3 is 0 Å². The number of hydrogen-bond acceptors (Lipinski definition) is 6. The minimum Gasteiger partial charge on any atom is -0.477 e. The lowest BCUT2D eigenvalue weighted by atomic mass is 9.83. The fraction of sp³-hybridized carbons (Fsp3) is 0.200. The van der Waals surface area contributed by atoms with Gasteiger partial charge in [0.25, 0.3) is 0 Å². The molecule has 0 aliphatic carbocycles. The molecule has 5 heterocycles. The second-order valence-electron chi connectivity index (χ2n) is 8.71. The number of nitrogens with one attached hydrogen (secondary N) is 1. The number of aromatic nitrogens is 6. The van der Waals surface area contributed by atoms with E-state index in [1.165, 1.54) is 5.56 Å². The highest BCUT2D eigenvalue weighted by Crippen LogP contribution is 2.37. The third kappa shape index (κ3) is 3.40. The van der Waals surface area contributed by atoms with Crippen LogP contribution in [0.15, 0.2) is 73.1 Å². The van der Waals surface area contributed by atoms with Crippen LogP contribution in [0.4, 0.5) is 11.6 Å². The van der Waals surface area contributed by atoms with E-state index in [2.05, 4.69) is 56.8 Å². The molecule has 0 amide bonds. The minimum absolute atomic E-state index is 0.258. The predicted molar refractivity (Wildman–Crippen MR) is 126 cm³/mol. The fourth-order valence-electron chi connectivity index (χ4n) is 4.43. The maximum Gasteiger partial charge on any atom is 0.201 e. The van der Waals surface area contributed by atoms with Crippen molar-refractivity contribution < 1.29 is 4.74 Å². The molecule has 1 aliphatic heterocycles. The quantitative estimate of drug-likeness (QED) is 0.445. The van der Waals surface area contributed by atoms with Gasteiger partial charge in [0.05, 0.1) is 11.6 Å². The van der Waals surface area contributed by atoms with Crippen molar-refractivity contribution in [2.24, 2.45) is 7.05 Å². The molecule has 0 saturated carbocycles. The molecular weight excluding hydrogens is 414 g/mol. The first kappa shape index (κ1) is 19.5. The molecule has 8 heteroatoms. The molecular formula is C25H23N7O. The van der Waals surface area contributed by atoms with E-state index in [4.69, 9.17) is 4.74 Å². The fourth-order valence-corrected chi connectivity index (χ4v) is 4.43. The first-order valence-corrected chi connectivity index (χ1v) is 10.9. The van der Waals surface area contributed by atoms with E-state index in [9.17, 15) is 0 Å². The molecule has 1 N–H and O–H groups in total. The number of ether oxygens (including phenoxy) is 1. The van der Waals surface area contributed by atoms with Gasteiger partial charge in [-0.15, -0.1) is 10.2 Å². The van der Waals surface area contributed by atoms with Gasteiger partial charge in [0.1, 0.15) is 24.1 Å². The van der Waals surface area contributed by atoms with Crippen molar-refractivity contribution in [3.63, 3.8) is 0 Å². The molecule has 1 aliphatic rings. The Labute approximate surface area is 190 Å². The van der Waals surface area contributed by atoms with Crippen LogP contribution in [0.5, 0.6) is 5.88 Å². The van der Waals surface area contributed by atoms with Crippen LogP contribution < -0.4 is 10.1 Å². The summed E-state index contributed by atoms with van der Waals surface area (Å²) >= 11 is 0. The molecule has 5 aromatic rings. The Morgan fingerprint density at radius 3 is 2.70 bits per heavy atom. The standard InChI is InChI=1S/C25H23N7O/c1-25(15-17-6-4-3-5-7-17)16-33-23-14-19(13-22-29-30-24(25)32(22)23)18-8-10-26-20(12-18)28-21-9-11-27-31(21)2/h3-14H,15-16H2,1-2H3,(H,26,28). The molecule has 164 valence electrons. The van der Waals surface area contributed by atoms with Crippen molar-refractivity contribution in [1.82, 2.24) is 29.4 Å². The Kier molecular flexibility index (Phi) is 4.39. The Balaban J connectivity index is 1.36. The molecule has 0 radical (unpaired) electrons. The van der Waals surface area contributed by atoms with Crippen molar-refractivity contribution in [3.8, 4) is 17.0 Å². The second-order valence-corrected chi connectivity index (χ2v) is 8.71. The SMILES string of the molecule is Cn1nccc1Nc1cc(-c2cc3n4c(nnc4c2)C(C)(Cc2ccccc2)CO3)ccn1. The molecule has 0 saturated heterocycles. The molecule has 1 unspecified atom stereocenters. The number of anilines is 2. The molecule has 4 aromatic heterocycles. The van der Waals surface area contributed by atoms with Crippen molar-refractivity contribution in [3.05, 3.63) is 84.4 Å². The van der Waals surface area contributed by atoms with Crippen molar-refractivity contribution >= 4 is 17.3 Å². The molecule has 8 nitrogen and oxygen atoms in total. The summed E-state index contributed by atoms with van der Waals surface area (Å²) in [4.78, 5) is 4.44. The van der Waals surface area contributed by atoms with E-state index in [0.29, 0.717) is 6.61 Å². The summed E-state index contributed by atoms with van der Waals surface area (Å²) in [5.74, 6) is 3.30. The largest absolute Gasteiger partial charge is 0.477 e. The zero-order valence-electron chi connectivity index (χ0n) is 18.4. The predicted octanol–water partition coefficient (Wildman–Crippen LogP) is 4.16. The van der Waals surface area contributed by atoms with Gasteiger partial charge in [-0.2, -0.15) is 5.10 Å². The second kappa shape index (κ2) is 7.44.